The Hall–Kier alpha value is -1.60. The fourth-order valence-corrected chi connectivity index (χ4v) is 5.57. The zero-order valence-electron chi connectivity index (χ0n) is 14.2. The van der Waals surface area contributed by atoms with Crippen molar-refractivity contribution < 1.29 is 9.18 Å². The van der Waals surface area contributed by atoms with Gasteiger partial charge >= 0.3 is 0 Å². The fourth-order valence-electron chi connectivity index (χ4n) is 3.00. The Balaban J connectivity index is 1.59. The number of hydrogen-bond acceptors (Lipinski definition) is 2. The van der Waals surface area contributed by atoms with E-state index in [9.17, 15) is 9.18 Å². The number of aryl methyl sites for hydroxylation is 1. The van der Waals surface area contributed by atoms with E-state index >= 15 is 0 Å². The second-order valence-corrected chi connectivity index (χ2v) is 9.65. The molecular weight excluding hydrogens is 430 g/mol. The van der Waals surface area contributed by atoms with Gasteiger partial charge in [0.25, 0.3) is 0 Å². The Bertz CT molecular complexity index is 819. The number of anilines is 1. The molecule has 1 aliphatic heterocycles. The van der Waals surface area contributed by atoms with Gasteiger partial charge in [-0.2, -0.15) is 0 Å². The molecule has 132 valence electrons. The first-order valence-electron chi connectivity index (χ1n) is 8.40. The maximum atomic E-state index is 13.7. The van der Waals surface area contributed by atoms with E-state index in [1.54, 1.807) is 18.2 Å². The van der Waals surface area contributed by atoms with Crippen molar-refractivity contribution in [2.24, 2.45) is 5.73 Å². The van der Waals surface area contributed by atoms with Gasteiger partial charge < -0.3 is 11.1 Å². The van der Waals surface area contributed by atoms with Crippen LogP contribution in [0.3, 0.4) is 0 Å². The normalized spacial score (nSPS) is 14.8. The van der Waals surface area contributed by atoms with Crippen molar-refractivity contribution in [2.45, 2.75) is 32.2 Å². The summed E-state index contributed by atoms with van der Waals surface area (Å²) in [6, 6.07) is 12.1. The summed E-state index contributed by atoms with van der Waals surface area (Å²) >= 11 is 0.136. The Morgan fingerprint density at radius 2 is 2.12 bits per heavy atom. The van der Waals surface area contributed by atoms with Crippen LogP contribution in [0.2, 0.25) is 0 Å². The average molecular weight is 452 g/mol. The number of carbonyl (C=O) groups is 1. The molecule has 0 aromatic heterocycles. The highest BCUT2D eigenvalue weighted by atomic mass is 127. The highest BCUT2D eigenvalue weighted by Gasteiger charge is 2.14. The van der Waals surface area contributed by atoms with Gasteiger partial charge in [-0.3, -0.25) is 4.79 Å². The van der Waals surface area contributed by atoms with Crippen molar-refractivity contribution in [1.82, 2.24) is 0 Å². The van der Waals surface area contributed by atoms with E-state index in [0.717, 1.165) is 12.1 Å². The lowest BCUT2D eigenvalue weighted by Crippen LogP contribution is -2.18. The molecule has 1 heterocycles. The first-order valence-corrected chi connectivity index (χ1v) is 11.0. The number of carbonyl (C=O) groups excluding carboxylic acids is 1. The third-order valence-corrected chi connectivity index (χ3v) is 7.21. The zero-order chi connectivity index (χ0) is 17.8. The molecule has 2 aromatic carbocycles. The fraction of sp³-hybridized carbons (Fsp3) is 0.300. The molecule has 3 N–H and O–H groups in total. The van der Waals surface area contributed by atoms with Gasteiger partial charge in [-0.15, -0.1) is 20.7 Å². The molecule has 3 nitrogen and oxygen atoms in total. The van der Waals surface area contributed by atoms with Crippen molar-refractivity contribution >= 4 is 35.8 Å². The van der Waals surface area contributed by atoms with E-state index < -0.39 is 6.04 Å². The summed E-state index contributed by atoms with van der Waals surface area (Å²) in [5.41, 5.74) is 9.99. The lowest BCUT2D eigenvalue weighted by Gasteiger charge is -2.16. The summed E-state index contributed by atoms with van der Waals surface area (Å²) in [6.45, 7) is 2.20. The smallest absolute Gasteiger partial charge is 0.224 e. The number of hydrogen-bond donors (Lipinski definition) is 2. The van der Waals surface area contributed by atoms with Crippen LogP contribution in [0.25, 0.3) is 0 Å². The Morgan fingerprint density at radius 1 is 1.32 bits per heavy atom. The van der Waals surface area contributed by atoms with E-state index in [4.69, 9.17) is 5.73 Å². The first kappa shape index (κ1) is 18.2. The molecule has 0 fully saturated rings. The number of benzene rings is 2. The highest BCUT2D eigenvalue weighted by molar-refractivity contribution is 14.2. The van der Waals surface area contributed by atoms with Crippen molar-refractivity contribution in [3.05, 3.63) is 65.0 Å². The predicted molar refractivity (Wildman–Crippen MR) is 110 cm³/mol. The van der Waals surface area contributed by atoms with Crippen LogP contribution in [0.4, 0.5) is 10.1 Å². The first-order chi connectivity index (χ1) is 12.0. The average Bonchev–Trinajstić information content (AvgIpc) is 2.61. The van der Waals surface area contributed by atoms with E-state index in [1.165, 1.54) is 25.1 Å². The predicted octanol–water partition coefficient (Wildman–Crippen LogP) is 4.31. The van der Waals surface area contributed by atoms with Crippen LogP contribution < -0.4 is 11.1 Å². The molecule has 1 atom stereocenters. The number of alkyl halides is 1. The zero-order valence-corrected chi connectivity index (χ0v) is 16.3. The van der Waals surface area contributed by atoms with Crippen LogP contribution in [-0.2, 0) is 11.2 Å². The second-order valence-electron chi connectivity index (χ2n) is 6.19. The molecule has 1 unspecified atom stereocenters. The van der Waals surface area contributed by atoms with Gasteiger partial charge in [0, 0.05) is 23.7 Å². The number of nitrogens with two attached hydrogens (primary N) is 1. The van der Waals surface area contributed by atoms with Gasteiger partial charge in [-0.1, -0.05) is 24.3 Å². The van der Waals surface area contributed by atoms with Crippen molar-refractivity contribution in [3.63, 3.8) is 0 Å². The summed E-state index contributed by atoms with van der Waals surface area (Å²) in [6.07, 6.45) is 1.82. The van der Waals surface area contributed by atoms with Crippen LogP contribution in [0.1, 0.15) is 42.5 Å². The lowest BCUT2D eigenvalue weighted by atomic mass is 10.0. The molecule has 1 aliphatic rings. The summed E-state index contributed by atoms with van der Waals surface area (Å²) in [5, 5.41) is 2.94. The van der Waals surface area contributed by atoms with Gasteiger partial charge in [-0.05, 0) is 57.0 Å². The van der Waals surface area contributed by atoms with E-state index in [2.05, 4.69) is 24.4 Å². The van der Waals surface area contributed by atoms with Crippen LogP contribution in [0.5, 0.6) is 0 Å². The molecule has 0 spiro atoms. The number of nitrogens with one attached hydrogen (secondary N) is 1. The molecule has 0 bridgehead atoms. The Morgan fingerprint density at radius 3 is 2.92 bits per heavy atom. The van der Waals surface area contributed by atoms with E-state index in [1.807, 2.05) is 6.07 Å². The summed E-state index contributed by atoms with van der Waals surface area (Å²) in [7, 11) is 0. The summed E-state index contributed by atoms with van der Waals surface area (Å²) in [4.78, 5) is 12.2. The monoisotopic (exact) mass is 452 g/mol. The van der Waals surface area contributed by atoms with Gasteiger partial charge in [0.05, 0.1) is 0 Å². The second kappa shape index (κ2) is 8.19. The van der Waals surface area contributed by atoms with Crippen molar-refractivity contribution in [2.75, 3.05) is 9.74 Å². The van der Waals surface area contributed by atoms with Crippen LogP contribution in [0, 0.1) is 5.82 Å². The molecule has 1 amide bonds. The standard InChI is InChI=1S/C20H22FIN2O/c1-13-17-12-15(7-6-14(17)10-11-22-13)24-20(25)9-8-19(23)16-4-2-3-5-18(16)21/h2-7,12,19H,8-11,23H2,1H3,(H,24,25). The Labute approximate surface area is 157 Å². The SMILES string of the molecule is CC1=ICCc2ccc(NC(=O)CCC(N)c3ccccc3F)cc21. The largest absolute Gasteiger partial charge is 0.326 e. The third kappa shape index (κ3) is 4.52. The number of halogens is 2. The molecule has 3 rings (SSSR count). The van der Waals surface area contributed by atoms with Gasteiger partial charge in [-0.25, -0.2) is 4.39 Å². The third-order valence-electron chi connectivity index (χ3n) is 4.41. The highest BCUT2D eigenvalue weighted by Crippen LogP contribution is 2.26. The molecule has 2 aromatic rings. The molecule has 0 saturated heterocycles. The van der Waals surface area contributed by atoms with Gasteiger partial charge in [0.15, 0.2) is 0 Å². The minimum Gasteiger partial charge on any atom is -0.326 e. The summed E-state index contributed by atoms with van der Waals surface area (Å²) < 4.78 is 16.5. The Kier molecular flexibility index (Phi) is 5.96. The van der Waals surface area contributed by atoms with Crippen molar-refractivity contribution in [3.8, 4) is 0 Å². The molecule has 0 saturated carbocycles. The maximum absolute atomic E-state index is 13.7. The molecule has 25 heavy (non-hydrogen) atoms. The number of fused-ring (bicyclic) bond motifs is 1. The van der Waals surface area contributed by atoms with Gasteiger partial charge in [0.2, 0.25) is 5.91 Å². The number of rotatable bonds is 5. The number of amides is 1. The van der Waals surface area contributed by atoms with Gasteiger partial charge in [0.1, 0.15) is 5.82 Å². The van der Waals surface area contributed by atoms with E-state index in [0.29, 0.717) is 12.0 Å². The van der Waals surface area contributed by atoms with Crippen LogP contribution in [-0.4, -0.2) is 13.8 Å². The van der Waals surface area contributed by atoms with E-state index in [-0.39, 0.29) is 38.9 Å². The minimum absolute atomic E-state index is 0.0881. The molecule has 5 heteroatoms. The van der Waals surface area contributed by atoms with Crippen LogP contribution in [0.15, 0.2) is 42.5 Å². The quantitative estimate of drug-likeness (QED) is 0.525. The van der Waals surface area contributed by atoms with Crippen molar-refractivity contribution in [1.29, 1.82) is 0 Å². The topological polar surface area (TPSA) is 55.1 Å². The molecule has 0 radical (unpaired) electrons. The van der Waals surface area contributed by atoms with Crippen LogP contribution >= 0.6 is 20.7 Å². The lowest BCUT2D eigenvalue weighted by molar-refractivity contribution is -0.116. The minimum atomic E-state index is -0.476. The maximum Gasteiger partial charge on any atom is 0.224 e. The molecule has 0 aliphatic carbocycles. The summed E-state index contributed by atoms with van der Waals surface area (Å²) in [5.74, 6) is -0.408. The molecular formula is C20H22FIN2O.